The molecule has 0 aromatic carbocycles. The lowest BCUT2D eigenvalue weighted by atomic mass is 10.1. The van der Waals surface area contributed by atoms with Crippen molar-refractivity contribution in [2.24, 2.45) is 0 Å². The fourth-order valence-electron chi connectivity index (χ4n) is 2.22. The molecule has 2 amide bonds. The predicted molar refractivity (Wildman–Crippen MR) is 59.5 cm³/mol. The Morgan fingerprint density at radius 3 is 2.94 bits per heavy atom. The monoisotopic (exact) mass is 221 g/mol. The molecule has 3 heterocycles. The highest BCUT2D eigenvalue weighted by Crippen LogP contribution is 2.22. The minimum Gasteiger partial charge on any atom is -0.336 e. The molecule has 6 nitrogen and oxygen atoms in total. The quantitative estimate of drug-likeness (QED) is 0.758. The van der Waals surface area contributed by atoms with Crippen molar-refractivity contribution >= 4 is 11.7 Å². The lowest BCUT2D eigenvalue weighted by Crippen LogP contribution is -2.45. The summed E-state index contributed by atoms with van der Waals surface area (Å²) in [6.45, 7) is 3.52. The van der Waals surface area contributed by atoms with Crippen LogP contribution in [0.25, 0.3) is 0 Å². The van der Waals surface area contributed by atoms with Gasteiger partial charge in [-0.3, -0.25) is 9.58 Å². The molecule has 1 N–H and O–H groups in total. The Kier molecular flexibility index (Phi) is 2.10. The Labute approximate surface area is 93.8 Å². The van der Waals surface area contributed by atoms with E-state index in [4.69, 9.17) is 0 Å². The van der Waals surface area contributed by atoms with Gasteiger partial charge in [-0.15, -0.1) is 0 Å². The van der Waals surface area contributed by atoms with E-state index in [0.717, 1.165) is 31.9 Å². The number of aromatic nitrogens is 2. The number of hydrogen-bond donors (Lipinski definition) is 1. The van der Waals surface area contributed by atoms with Crippen molar-refractivity contribution in [3.05, 3.63) is 12.4 Å². The van der Waals surface area contributed by atoms with Gasteiger partial charge in [0.05, 0.1) is 17.9 Å². The number of nitrogens with zero attached hydrogens (tertiary/aromatic N) is 4. The van der Waals surface area contributed by atoms with E-state index in [1.165, 1.54) is 0 Å². The number of amides is 2. The van der Waals surface area contributed by atoms with Gasteiger partial charge in [0.25, 0.3) is 0 Å². The number of rotatable bonds is 2. The highest BCUT2D eigenvalue weighted by molar-refractivity contribution is 5.93. The smallest absolute Gasteiger partial charge is 0.322 e. The van der Waals surface area contributed by atoms with Gasteiger partial charge in [-0.1, -0.05) is 0 Å². The van der Waals surface area contributed by atoms with Crippen LogP contribution in [0.15, 0.2) is 12.4 Å². The number of likely N-dealkylation sites (tertiary alicyclic amines) is 1. The summed E-state index contributed by atoms with van der Waals surface area (Å²) in [7, 11) is 2.09. The van der Waals surface area contributed by atoms with Crippen molar-refractivity contribution in [2.75, 3.05) is 38.1 Å². The molecule has 6 heteroatoms. The Morgan fingerprint density at radius 1 is 1.50 bits per heavy atom. The molecule has 1 aromatic rings. The molecule has 0 atom stereocenters. The van der Waals surface area contributed by atoms with Crippen LogP contribution in [0, 0.1) is 0 Å². The van der Waals surface area contributed by atoms with E-state index in [2.05, 4.69) is 22.4 Å². The predicted octanol–water partition coefficient (Wildman–Crippen LogP) is -0.101. The van der Waals surface area contributed by atoms with Gasteiger partial charge in [0.1, 0.15) is 0 Å². The number of carbonyl (C=O) groups excluding carboxylic acids is 1. The van der Waals surface area contributed by atoms with E-state index in [1.54, 1.807) is 11.1 Å². The number of likely N-dealkylation sites (N-methyl/N-ethyl adjacent to an activating group) is 1. The zero-order valence-corrected chi connectivity index (χ0v) is 9.26. The first-order valence-electron chi connectivity index (χ1n) is 5.52. The summed E-state index contributed by atoms with van der Waals surface area (Å²) in [6, 6.07) is 0.440. The first-order chi connectivity index (χ1) is 7.74. The third-order valence-corrected chi connectivity index (χ3v) is 3.18. The summed E-state index contributed by atoms with van der Waals surface area (Å²) in [5.74, 6) is 0. The van der Waals surface area contributed by atoms with Crippen LogP contribution in [0.4, 0.5) is 10.5 Å². The van der Waals surface area contributed by atoms with Gasteiger partial charge in [0, 0.05) is 32.4 Å². The largest absolute Gasteiger partial charge is 0.336 e. The molecule has 1 aromatic heterocycles. The van der Waals surface area contributed by atoms with Gasteiger partial charge >= 0.3 is 6.03 Å². The highest BCUT2D eigenvalue weighted by Gasteiger charge is 2.27. The second kappa shape index (κ2) is 3.48. The second-order valence-electron chi connectivity index (χ2n) is 4.44. The molecular weight excluding hydrogens is 206 g/mol. The number of nitrogens with one attached hydrogen (secondary N) is 1. The summed E-state index contributed by atoms with van der Waals surface area (Å²) < 4.78 is 1.96. The maximum atomic E-state index is 11.5. The molecule has 86 valence electrons. The molecule has 0 unspecified atom stereocenters. The molecule has 2 aliphatic rings. The fraction of sp³-hybridized carbons (Fsp3) is 0.600. The first kappa shape index (κ1) is 9.65. The maximum absolute atomic E-state index is 11.5. The molecule has 0 aliphatic carbocycles. The van der Waals surface area contributed by atoms with Gasteiger partial charge in [0.2, 0.25) is 0 Å². The molecule has 2 saturated heterocycles. The topological polar surface area (TPSA) is 53.4 Å². The lowest BCUT2D eigenvalue weighted by Gasteiger charge is -2.36. The Hall–Kier alpha value is -1.56. The van der Waals surface area contributed by atoms with E-state index in [0.29, 0.717) is 6.04 Å². The van der Waals surface area contributed by atoms with Crippen LogP contribution in [0.3, 0.4) is 0 Å². The zero-order valence-electron chi connectivity index (χ0n) is 9.26. The van der Waals surface area contributed by atoms with E-state index in [-0.39, 0.29) is 6.03 Å². The Morgan fingerprint density at radius 2 is 2.31 bits per heavy atom. The van der Waals surface area contributed by atoms with Crippen LogP contribution in [-0.4, -0.2) is 53.9 Å². The molecule has 0 saturated carbocycles. The van der Waals surface area contributed by atoms with E-state index < -0.39 is 0 Å². The minimum absolute atomic E-state index is 0.0229. The molecule has 0 radical (unpaired) electrons. The Bertz CT molecular complexity index is 409. The van der Waals surface area contributed by atoms with Gasteiger partial charge in [-0.25, -0.2) is 4.79 Å². The maximum Gasteiger partial charge on any atom is 0.322 e. The van der Waals surface area contributed by atoms with Crippen molar-refractivity contribution in [3.8, 4) is 0 Å². The Balaban J connectivity index is 1.75. The fourth-order valence-corrected chi connectivity index (χ4v) is 2.22. The summed E-state index contributed by atoms with van der Waals surface area (Å²) in [5, 5.41) is 7.10. The summed E-state index contributed by atoms with van der Waals surface area (Å²) in [6.07, 6.45) is 3.73. The number of carbonyl (C=O) groups is 1. The van der Waals surface area contributed by atoms with E-state index in [9.17, 15) is 4.79 Å². The molecular formula is C10H15N5O. The van der Waals surface area contributed by atoms with Crippen LogP contribution < -0.4 is 10.2 Å². The molecule has 0 bridgehead atoms. The second-order valence-corrected chi connectivity index (χ2v) is 4.44. The van der Waals surface area contributed by atoms with E-state index in [1.807, 2.05) is 10.9 Å². The molecule has 2 fully saturated rings. The average Bonchev–Trinajstić information content (AvgIpc) is 2.81. The van der Waals surface area contributed by atoms with Crippen LogP contribution in [0.1, 0.15) is 6.04 Å². The normalized spacial score (nSPS) is 22.3. The first-order valence-corrected chi connectivity index (χ1v) is 5.52. The van der Waals surface area contributed by atoms with Crippen molar-refractivity contribution in [3.63, 3.8) is 0 Å². The molecule has 0 spiro atoms. The SMILES string of the molecule is CN1CC(n2cc(N3CCNC3=O)cn2)C1. The van der Waals surface area contributed by atoms with Crippen LogP contribution in [0.2, 0.25) is 0 Å². The number of anilines is 1. The van der Waals surface area contributed by atoms with Gasteiger partial charge < -0.3 is 10.2 Å². The standard InChI is InChI=1S/C10H15N5O/c1-13-5-9(6-13)15-7-8(4-12-15)14-3-2-11-10(14)16/h4,7,9H,2-3,5-6H2,1H3,(H,11,16). The summed E-state index contributed by atoms with van der Waals surface area (Å²) in [5.41, 5.74) is 0.893. The van der Waals surface area contributed by atoms with Crippen LogP contribution >= 0.6 is 0 Å². The minimum atomic E-state index is -0.0229. The van der Waals surface area contributed by atoms with E-state index >= 15 is 0 Å². The van der Waals surface area contributed by atoms with Gasteiger partial charge in [-0.2, -0.15) is 5.10 Å². The van der Waals surface area contributed by atoms with Crippen molar-refractivity contribution in [1.29, 1.82) is 0 Å². The summed E-state index contributed by atoms with van der Waals surface area (Å²) in [4.78, 5) is 15.4. The van der Waals surface area contributed by atoms with Gasteiger partial charge in [0.15, 0.2) is 0 Å². The van der Waals surface area contributed by atoms with Gasteiger partial charge in [-0.05, 0) is 7.05 Å². The third kappa shape index (κ3) is 1.46. The van der Waals surface area contributed by atoms with Crippen molar-refractivity contribution in [2.45, 2.75) is 6.04 Å². The highest BCUT2D eigenvalue weighted by atomic mass is 16.2. The zero-order chi connectivity index (χ0) is 11.1. The average molecular weight is 221 g/mol. The third-order valence-electron chi connectivity index (χ3n) is 3.18. The molecule has 2 aliphatic heterocycles. The van der Waals surface area contributed by atoms with Crippen LogP contribution in [-0.2, 0) is 0 Å². The van der Waals surface area contributed by atoms with Crippen molar-refractivity contribution < 1.29 is 4.79 Å². The van der Waals surface area contributed by atoms with Crippen molar-refractivity contribution in [1.82, 2.24) is 20.0 Å². The van der Waals surface area contributed by atoms with Crippen LogP contribution in [0.5, 0.6) is 0 Å². The molecule has 16 heavy (non-hydrogen) atoms. The lowest BCUT2D eigenvalue weighted by molar-refractivity contribution is 0.130. The summed E-state index contributed by atoms with van der Waals surface area (Å²) >= 11 is 0. The molecule has 3 rings (SSSR count). The number of hydrogen-bond acceptors (Lipinski definition) is 3. The number of urea groups is 1.